The molecule has 0 aromatic carbocycles. The smallest absolute Gasteiger partial charge is 0.462 e. The van der Waals surface area contributed by atoms with Gasteiger partial charge < -0.3 is 14.0 Å². The Morgan fingerprint density at radius 2 is 1.89 bits per heavy atom. The van der Waals surface area contributed by atoms with Crippen molar-refractivity contribution in [2.75, 3.05) is 6.61 Å². The summed E-state index contributed by atoms with van der Waals surface area (Å²) in [4.78, 5) is 12.2. The van der Waals surface area contributed by atoms with Gasteiger partial charge in [0.15, 0.2) is 0 Å². The molecule has 0 spiro atoms. The maximum Gasteiger partial charge on any atom is 0.495 e. The predicted molar refractivity (Wildman–Crippen MR) is 76.0 cm³/mol. The largest absolute Gasteiger partial charge is 0.495 e. The Hall–Kier alpha value is -0.845. The van der Waals surface area contributed by atoms with Crippen molar-refractivity contribution >= 4 is 29.9 Å². The fraction of sp³-hybridized carbons (Fsp3) is 0.615. The lowest BCUT2D eigenvalue weighted by molar-refractivity contribution is 0.00578. The average molecular weight is 282 g/mol. The molecular weight excluding hydrogens is 263 g/mol. The standard InChI is InChI=1S/C13H19BO4S/c1-6-16-11(15)10-7-9(8-19-10)14-17-12(2,3)13(4,5)18-14/h7-8H,6H2,1-5H3. The molecule has 6 heteroatoms. The molecule has 0 amide bonds. The minimum absolute atomic E-state index is 0.296. The highest BCUT2D eigenvalue weighted by atomic mass is 32.1. The summed E-state index contributed by atoms with van der Waals surface area (Å²) in [5.41, 5.74) is 0.125. The van der Waals surface area contributed by atoms with E-state index >= 15 is 0 Å². The monoisotopic (exact) mass is 282 g/mol. The fourth-order valence-corrected chi connectivity index (χ4v) is 2.56. The maximum atomic E-state index is 11.6. The van der Waals surface area contributed by atoms with Crippen molar-refractivity contribution < 1.29 is 18.8 Å². The number of hydrogen-bond donors (Lipinski definition) is 0. The zero-order valence-electron chi connectivity index (χ0n) is 12.0. The third kappa shape index (κ3) is 2.71. The van der Waals surface area contributed by atoms with E-state index in [0.29, 0.717) is 11.5 Å². The second-order valence-corrected chi connectivity index (χ2v) is 6.46. The molecule has 1 fully saturated rings. The Labute approximate surface area is 118 Å². The normalized spacial score (nSPS) is 20.6. The molecule has 0 bridgehead atoms. The topological polar surface area (TPSA) is 44.8 Å². The lowest BCUT2D eigenvalue weighted by Gasteiger charge is -2.32. The Kier molecular flexibility index (Phi) is 3.77. The van der Waals surface area contributed by atoms with Gasteiger partial charge in [0.05, 0.1) is 17.8 Å². The van der Waals surface area contributed by atoms with Crippen LogP contribution < -0.4 is 5.46 Å². The Morgan fingerprint density at radius 3 is 2.42 bits per heavy atom. The molecule has 1 aliphatic rings. The van der Waals surface area contributed by atoms with Crippen LogP contribution in [0.2, 0.25) is 0 Å². The predicted octanol–water partition coefficient (Wildman–Crippen LogP) is 2.22. The summed E-state index contributed by atoms with van der Waals surface area (Å²) in [6.45, 7) is 10.2. The van der Waals surface area contributed by atoms with Crippen molar-refractivity contribution in [1.82, 2.24) is 0 Å². The highest BCUT2D eigenvalue weighted by Gasteiger charge is 2.51. The summed E-state index contributed by atoms with van der Waals surface area (Å²) >= 11 is 1.35. The van der Waals surface area contributed by atoms with Crippen LogP contribution in [0.15, 0.2) is 11.4 Å². The molecule has 4 nitrogen and oxygen atoms in total. The van der Waals surface area contributed by atoms with E-state index < -0.39 is 7.12 Å². The molecule has 1 aromatic rings. The van der Waals surface area contributed by atoms with Gasteiger partial charge in [0.2, 0.25) is 0 Å². The molecule has 1 saturated heterocycles. The first-order chi connectivity index (χ1) is 8.77. The molecule has 0 unspecified atom stereocenters. The van der Waals surface area contributed by atoms with Crippen molar-refractivity contribution in [2.45, 2.75) is 45.8 Å². The lowest BCUT2D eigenvalue weighted by Crippen LogP contribution is -2.41. The van der Waals surface area contributed by atoms with Gasteiger partial charge in [0.1, 0.15) is 4.88 Å². The summed E-state index contributed by atoms with van der Waals surface area (Å²) < 4.78 is 16.8. The Balaban J connectivity index is 2.15. The van der Waals surface area contributed by atoms with E-state index in [1.807, 2.05) is 33.1 Å². The van der Waals surface area contributed by atoms with Gasteiger partial charge in [0, 0.05) is 0 Å². The van der Waals surface area contributed by atoms with E-state index in [2.05, 4.69) is 0 Å². The van der Waals surface area contributed by atoms with Crippen molar-refractivity contribution in [1.29, 1.82) is 0 Å². The fourth-order valence-electron chi connectivity index (χ4n) is 1.76. The van der Waals surface area contributed by atoms with Crippen LogP contribution >= 0.6 is 11.3 Å². The number of esters is 1. The van der Waals surface area contributed by atoms with Crippen LogP contribution in [0.1, 0.15) is 44.3 Å². The van der Waals surface area contributed by atoms with Gasteiger partial charge in [-0.1, -0.05) is 0 Å². The minimum atomic E-state index is -0.426. The summed E-state index contributed by atoms with van der Waals surface area (Å²) in [5.74, 6) is -0.296. The van der Waals surface area contributed by atoms with Gasteiger partial charge in [-0.25, -0.2) is 4.79 Å². The van der Waals surface area contributed by atoms with E-state index in [4.69, 9.17) is 14.0 Å². The van der Waals surface area contributed by atoms with E-state index in [0.717, 1.165) is 5.46 Å². The molecule has 0 aliphatic carbocycles. The van der Waals surface area contributed by atoms with Crippen LogP contribution in [0.25, 0.3) is 0 Å². The lowest BCUT2D eigenvalue weighted by atomic mass is 9.81. The van der Waals surface area contributed by atoms with Crippen molar-refractivity contribution in [2.24, 2.45) is 0 Å². The van der Waals surface area contributed by atoms with Crippen LogP contribution in [0.5, 0.6) is 0 Å². The highest BCUT2D eigenvalue weighted by Crippen LogP contribution is 2.36. The van der Waals surface area contributed by atoms with Crippen molar-refractivity contribution in [3.63, 3.8) is 0 Å². The number of rotatable bonds is 3. The number of ether oxygens (including phenoxy) is 1. The van der Waals surface area contributed by atoms with E-state index in [1.54, 1.807) is 13.0 Å². The maximum absolute atomic E-state index is 11.6. The average Bonchev–Trinajstić information content (AvgIpc) is 2.83. The number of thiophene rings is 1. The molecule has 104 valence electrons. The second-order valence-electron chi connectivity index (χ2n) is 5.55. The Bertz CT molecular complexity index is 465. The van der Waals surface area contributed by atoms with Crippen LogP contribution in [0.4, 0.5) is 0 Å². The van der Waals surface area contributed by atoms with Crippen molar-refractivity contribution in [3.05, 3.63) is 16.3 Å². The van der Waals surface area contributed by atoms with Gasteiger partial charge >= 0.3 is 13.1 Å². The van der Waals surface area contributed by atoms with E-state index in [-0.39, 0.29) is 17.2 Å². The summed E-state index contributed by atoms with van der Waals surface area (Å²) in [6.07, 6.45) is 0. The van der Waals surface area contributed by atoms with Gasteiger partial charge in [-0.05, 0) is 51.5 Å². The second kappa shape index (κ2) is 4.92. The van der Waals surface area contributed by atoms with Crippen LogP contribution in [-0.2, 0) is 14.0 Å². The van der Waals surface area contributed by atoms with E-state index in [9.17, 15) is 4.79 Å². The molecule has 0 N–H and O–H groups in total. The van der Waals surface area contributed by atoms with Gasteiger partial charge in [-0.2, -0.15) is 0 Å². The molecule has 1 aliphatic heterocycles. The summed E-state index contributed by atoms with van der Waals surface area (Å²) in [5, 5.41) is 1.88. The van der Waals surface area contributed by atoms with Crippen LogP contribution in [0, 0.1) is 0 Å². The number of carbonyl (C=O) groups is 1. The quantitative estimate of drug-likeness (QED) is 0.630. The molecule has 0 atom stereocenters. The first kappa shape index (κ1) is 14.6. The molecule has 19 heavy (non-hydrogen) atoms. The van der Waals surface area contributed by atoms with Crippen molar-refractivity contribution in [3.8, 4) is 0 Å². The zero-order chi connectivity index (χ0) is 14.3. The Morgan fingerprint density at radius 1 is 1.32 bits per heavy atom. The number of hydrogen-bond acceptors (Lipinski definition) is 5. The van der Waals surface area contributed by atoms with Gasteiger partial charge in [0.25, 0.3) is 0 Å². The molecule has 1 aromatic heterocycles. The minimum Gasteiger partial charge on any atom is -0.462 e. The molecular formula is C13H19BO4S. The first-order valence-corrected chi connectivity index (χ1v) is 7.26. The highest BCUT2D eigenvalue weighted by molar-refractivity contribution is 7.13. The first-order valence-electron chi connectivity index (χ1n) is 6.38. The number of carbonyl (C=O) groups excluding carboxylic acids is 1. The summed E-state index contributed by atoms with van der Waals surface area (Å²) in [7, 11) is -0.426. The van der Waals surface area contributed by atoms with Crippen LogP contribution in [-0.4, -0.2) is 30.9 Å². The molecule has 2 rings (SSSR count). The van der Waals surface area contributed by atoms with Gasteiger partial charge in [-0.15, -0.1) is 11.3 Å². The molecule has 0 saturated carbocycles. The third-order valence-electron chi connectivity index (χ3n) is 3.62. The van der Waals surface area contributed by atoms with E-state index in [1.165, 1.54) is 11.3 Å². The summed E-state index contributed by atoms with van der Waals surface area (Å²) in [6, 6.07) is 1.78. The SMILES string of the molecule is CCOC(=O)c1cc(B2OC(C)(C)C(C)(C)O2)cs1. The van der Waals surface area contributed by atoms with Crippen LogP contribution in [0.3, 0.4) is 0 Å². The molecule has 2 heterocycles. The zero-order valence-corrected chi connectivity index (χ0v) is 12.8. The third-order valence-corrected chi connectivity index (χ3v) is 4.55. The molecule has 0 radical (unpaired) electrons. The van der Waals surface area contributed by atoms with Gasteiger partial charge in [-0.3, -0.25) is 0 Å².